The number of ether oxygens (including phenoxy) is 1. The van der Waals surface area contributed by atoms with Crippen LogP contribution < -0.4 is 14.4 Å². The van der Waals surface area contributed by atoms with Crippen LogP contribution in [0.2, 0.25) is 0 Å². The Morgan fingerprint density at radius 2 is 1.57 bits per heavy atom. The van der Waals surface area contributed by atoms with Gasteiger partial charge < -0.3 is 15.0 Å². The van der Waals surface area contributed by atoms with Crippen molar-refractivity contribution in [3.8, 4) is 5.75 Å². The van der Waals surface area contributed by atoms with Crippen molar-refractivity contribution in [3.63, 3.8) is 0 Å². The van der Waals surface area contributed by atoms with Crippen LogP contribution in [0, 0.1) is 0 Å². The molecule has 0 spiro atoms. The summed E-state index contributed by atoms with van der Waals surface area (Å²) in [4.78, 5) is 28.2. The van der Waals surface area contributed by atoms with E-state index < -0.39 is 34.1 Å². The van der Waals surface area contributed by atoms with Gasteiger partial charge in [-0.2, -0.15) is 0 Å². The molecular formula is C30H36BrN3O5S. The third kappa shape index (κ3) is 9.38. The summed E-state index contributed by atoms with van der Waals surface area (Å²) in [5.41, 5.74) is 1.62. The third-order valence-corrected chi connectivity index (χ3v) is 7.59. The van der Waals surface area contributed by atoms with Crippen LogP contribution in [0.4, 0.5) is 5.69 Å². The van der Waals surface area contributed by atoms with E-state index >= 15 is 0 Å². The summed E-state index contributed by atoms with van der Waals surface area (Å²) < 4.78 is 33.3. The minimum Gasteiger partial charge on any atom is -0.489 e. The fourth-order valence-electron chi connectivity index (χ4n) is 3.95. The minimum atomic E-state index is -3.83. The number of benzene rings is 3. The number of hydrogen-bond donors (Lipinski definition) is 1. The number of halogens is 1. The molecule has 3 aromatic carbocycles. The lowest BCUT2D eigenvalue weighted by atomic mass is 10.1. The Morgan fingerprint density at radius 3 is 2.15 bits per heavy atom. The van der Waals surface area contributed by atoms with Crippen molar-refractivity contribution in [1.29, 1.82) is 0 Å². The Balaban J connectivity index is 1.83. The Labute approximate surface area is 245 Å². The highest BCUT2D eigenvalue weighted by molar-refractivity contribution is 9.10. The molecule has 0 aliphatic rings. The molecule has 0 aliphatic carbocycles. The van der Waals surface area contributed by atoms with E-state index in [-0.39, 0.29) is 12.5 Å². The Kier molecular flexibility index (Phi) is 10.4. The van der Waals surface area contributed by atoms with Crippen LogP contribution in [0.3, 0.4) is 0 Å². The van der Waals surface area contributed by atoms with Crippen molar-refractivity contribution < 1.29 is 22.7 Å². The van der Waals surface area contributed by atoms with Crippen molar-refractivity contribution in [3.05, 3.63) is 94.5 Å². The second-order valence-electron chi connectivity index (χ2n) is 10.6. The number of nitrogens with one attached hydrogen (secondary N) is 1. The van der Waals surface area contributed by atoms with Crippen LogP contribution in [-0.2, 0) is 32.8 Å². The number of nitrogens with zero attached hydrogens (tertiary/aromatic N) is 2. The Hall–Kier alpha value is -3.37. The fraction of sp³-hybridized carbons (Fsp3) is 0.333. The summed E-state index contributed by atoms with van der Waals surface area (Å²) in [5.74, 6) is -0.274. The monoisotopic (exact) mass is 629 g/mol. The predicted molar refractivity (Wildman–Crippen MR) is 161 cm³/mol. The van der Waals surface area contributed by atoms with E-state index in [0.29, 0.717) is 18.0 Å². The highest BCUT2D eigenvalue weighted by Crippen LogP contribution is 2.23. The summed E-state index contributed by atoms with van der Waals surface area (Å²) in [7, 11) is -3.83. The molecule has 1 N–H and O–H groups in total. The average Bonchev–Trinajstić information content (AvgIpc) is 2.88. The molecule has 0 saturated carbocycles. The highest BCUT2D eigenvalue weighted by Gasteiger charge is 2.31. The van der Waals surface area contributed by atoms with E-state index in [1.807, 2.05) is 75.4 Å². The molecule has 8 nitrogen and oxygen atoms in total. The number of hydrogen-bond acceptors (Lipinski definition) is 5. The van der Waals surface area contributed by atoms with Gasteiger partial charge in [-0.05, 0) is 75.2 Å². The van der Waals surface area contributed by atoms with E-state index in [4.69, 9.17) is 4.74 Å². The number of amides is 2. The standard InChI is InChI=1S/C30H36BrN3O5S/c1-22(29(36)32-30(2,3)4)33(19-24-12-9-13-25(31)18-24)28(35)20-34(40(5,37)38)26-14-16-27(17-15-26)39-21-23-10-7-6-8-11-23/h6-18,22H,19-21H2,1-5H3,(H,32,36)/t22-/m1/s1. The van der Waals surface area contributed by atoms with E-state index in [0.717, 1.165) is 26.2 Å². The molecule has 10 heteroatoms. The SMILES string of the molecule is C[C@H](C(=O)NC(C)(C)C)N(Cc1cccc(Br)c1)C(=O)CN(c1ccc(OCc2ccccc2)cc1)S(C)(=O)=O. The Bertz CT molecular complexity index is 1410. The second-order valence-corrected chi connectivity index (χ2v) is 13.4. The molecule has 0 heterocycles. The van der Waals surface area contributed by atoms with E-state index in [1.165, 1.54) is 4.90 Å². The molecule has 40 heavy (non-hydrogen) atoms. The van der Waals surface area contributed by atoms with E-state index in [9.17, 15) is 18.0 Å². The first-order valence-corrected chi connectivity index (χ1v) is 15.5. The van der Waals surface area contributed by atoms with Crippen LogP contribution >= 0.6 is 15.9 Å². The first-order valence-electron chi connectivity index (χ1n) is 12.8. The quantitative estimate of drug-likeness (QED) is 0.317. The summed E-state index contributed by atoms with van der Waals surface area (Å²) >= 11 is 3.44. The first-order chi connectivity index (χ1) is 18.7. The number of sulfonamides is 1. The summed E-state index contributed by atoms with van der Waals surface area (Å²) in [6, 6.07) is 22.8. The first kappa shape index (κ1) is 31.2. The molecule has 2 amide bonds. The van der Waals surface area contributed by atoms with Gasteiger partial charge in [-0.15, -0.1) is 0 Å². The maximum absolute atomic E-state index is 13.7. The summed E-state index contributed by atoms with van der Waals surface area (Å²) in [5, 5.41) is 2.91. The van der Waals surface area contributed by atoms with Gasteiger partial charge in [-0.3, -0.25) is 13.9 Å². The molecule has 0 aliphatic heterocycles. The van der Waals surface area contributed by atoms with E-state index in [1.54, 1.807) is 31.2 Å². The zero-order chi connectivity index (χ0) is 29.5. The molecule has 0 saturated heterocycles. The van der Waals surface area contributed by atoms with Gasteiger partial charge in [0.15, 0.2) is 0 Å². The maximum Gasteiger partial charge on any atom is 0.244 e. The maximum atomic E-state index is 13.7. The molecule has 0 bridgehead atoms. The molecule has 214 valence electrons. The molecule has 3 aromatic rings. The fourth-order valence-corrected chi connectivity index (χ4v) is 5.25. The minimum absolute atomic E-state index is 0.126. The molecule has 0 radical (unpaired) electrons. The number of carbonyl (C=O) groups excluding carboxylic acids is 2. The Morgan fingerprint density at radius 1 is 0.950 bits per heavy atom. The van der Waals surface area contributed by atoms with Gasteiger partial charge in [-0.25, -0.2) is 8.42 Å². The smallest absolute Gasteiger partial charge is 0.244 e. The van der Waals surface area contributed by atoms with Crippen molar-refractivity contribution in [1.82, 2.24) is 10.2 Å². The van der Waals surface area contributed by atoms with Crippen LogP contribution in [0.25, 0.3) is 0 Å². The van der Waals surface area contributed by atoms with Gasteiger partial charge in [0.2, 0.25) is 21.8 Å². The predicted octanol–water partition coefficient (Wildman–Crippen LogP) is 5.13. The van der Waals surface area contributed by atoms with Crippen molar-refractivity contribution in [2.75, 3.05) is 17.1 Å². The third-order valence-electron chi connectivity index (χ3n) is 5.96. The normalized spacial score (nSPS) is 12.3. The molecule has 0 fully saturated rings. The lowest BCUT2D eigenvalue weighted by Crippen LogP contribution is -2.54. The number of carbonyl (C=O) groups is 2. The summed E-state index contributed by atoms with van der Waals surface area (Å²) in [6.07, 6.45) is 1.05. The number of rotatable bonds is 11. The lowest BCUT2D eigenvalue weighted by molar-refractivity contribution is -0.140. The van der Waals surface area contributed by atoms with Crippen molar-refractivity contribution >= 4 is 43.5 Å². The largest absolute Gasteiger partial charge is 0.489 e. The molecule has 3 rings (SSSR count). The zero-order valence-corrected chi connectivity index (χ0v) is 25.8. The number of anilines is 1. The van der Waals surface area contributed by atoms with Crippen molar-refractivity contribution in [2.45, 2.75) is 52.4 Å². The molecule has 0 unspecified atom stereocenters. The molecular weight excluding hydrogens is 594 g/mol. The molecule has 1 atom stereocenters. The van der Waals surface area contributed by atoms with Crippen LogP contribution in [-0.4, -0.2) is 49.5 Å². The van der Waals surface area contributed by atoms with Crippen molar-refractivity contribution in [2.24, 2.45) is 0 Å². The van der Waals surface area contributed by atoms with Crippen LogP contribution in [0.5, 0.6) is 5.75 Å². The van der Waals surface area contributed by atoms with Crippen LogP contribution in [0.15, 0.2) is 83.3 Å². The van der Waals surface area contributed by atoms with Crippen LogP contribution in [0.1, 0.15) is 38.8 Å². The zero-order valence-electron chi connectivity index (χ0n) is 23.4. The molecule has 0 aromatic heterocycles. The van der Waals surface area contributed by atoms with Gasteiger partial charge >= 0.3 is 0 Å². The van der Waals surface area contributed by atoms with Gasteiger partial charge in [0.05, 0.1) is 11.9 Å². The topological polar surface area (TPSA) is 96.0 Å². The summed E-state index contributed by atoms with van der Waals surface area (Å²) in [6.45, 7) is 7.24. The van der Waals surface area contributed by atoms with E-state index in [2.05, 4.69) is 21.2 Å². The highest BCUT2D eigenvalue weighted by atomic mass is 79.9. The average molecular weight is 631 g/mol. The van der Waals surface area contributed by atoms with Gasteiger partial charge in [0.1, 0.15) is 24.9 Å². The lowest BCUT2D eigenvalue weighted by Gasteiger charge is -2.33. The van der Waals surface area contributed by atoms with Gasteiger partial charge in [-0.1, -0.05) is 58.4 Å². The van der Waals surface area contributed by atoms with Gasteiger partial charge in [0.25, 0.3) is 0 Å². The van der Waals surface area contributed by atoms with Gasteiger partial charge in [0, 0.05) is 16.6 Å². The second kappa shape index (κ2) is 13.3.